The summed E-state index contributed by atoms with van der Waals surface area (Å²) in [4.78, 5) is 20.4. The number of nitrogens with zero attached hydrogens (tertiary/aromatic N) is 5. The molecule has 4 aromatic heterocycles. The quantitative estimate of drug-likeness (QED) is 0.416. The minimum atomic E-state index is -2.52. The van der Waals surface area contributed by atoms with Crippen LogP contribution in [0, 0.1) is 6.92 Å². The summed E-state index contributed by atoms with van der Waals surface area (Å²) < 4.78 is 46.3. The van der Waals surface area contributed by atoms with Gasteiger partial charge in [0.25, 0.3) is 6.43 Å². The lowest BCUT2D eigenvalue weighted by molar-refractivity contribution is -0.152. The zero-order valence-corrected chi connectivity index (χ0v) is 17.2. The van der Waals surface area contributed by atoms with Gasteiger partial charge in [-0.2, -0.15) is 9.97 Å². The maximum Gasteiger partial charge on any atom is 0.256 e. The van der Waals surface area contributed by atoms with Crippen LogP contribution < -0.4 is 10.1 Å². The molecule has 32 heavy (non-hydrogen) atoms. The molecule has 0 unspecified atom stereocenters. The van der Waals surface area contributed by atoms with Crippen LogP contribution in [0.1, 0.15) is 18.7 Å². The molecule has 0 amide bonds. The highest BCUT2D eigenvalue weighted by atomic mass is 19.3. The Bertz CT molecular complexity index is 1310. The van der Waals surface area contributed by atoms with Gasteiger partial charge in [-0.15, -0.1) is 0 Å². The maximum absolute atomic E-state index is 13.3. The molecule has 4 aromatic rings. The number of fused-ring (bicyclic) bond motifs is 2. The van der Waals surface area contributed by atoms with Crippen molar-refractivity contribution in [1.29, 1.82) is 0 Å². The molecule has 4 heterocycles. The average molecular weight is 447 g/mol. The van der Waals surface area contributed by atoms with E-state index in [0.29, 0.717) is 39.1 Å². The van der Waals surface area contributed by atoms with Gasteiger partial charge < -0.3 is 24.7 Å². The average Bonchev–Trinajstić information content (AvgIpc) is 3.26. The van der Waals surface area contributed by atoms with E-state index in [0.717, 1.165) is 0 Å². The highest BCUT2D eigenvalue weighted by molar-refractivity contribution is 5.98. The Morgan fingerprint density at radius 3 is 2.81 bits per heavy atom. The van der Waals surface area contributed by atoms with E-state index in [1.807, 2.05) is 0 Å². The lowest BCUT2D eigenvalue weighted by Crippen LogP contribution is -2.47. The number of aryl methyl sites for hydroxylation is 1. The number of nitrogens with one attached hydrogen (secondary N) is 2. The number of aromatic amines is 1. The molecule has 0 saturated heterocycles. The number of aromatic nitrogens is 6. The number of aliphatic hydroxyl groups is 1. The standard InChI is InChI=1S/C20H20F3N7O2/c1-9-26-16-13(30(9)8-14(21)22)3-10(6-24-16)12-7-25-17-15(12)18(32-2)29-19(28-17)27-11-4-20(23,31)5-11/h3,6-7,11,14,31H,4-5,8H2,1-2H3,(H2,25,27,28,29). The van der Waals surface area contributed by atoms with Crippen LogP contribution >= 0.6 is 0 Å². The van der Waals surface area contributed by atoms with E-state index < -0.39 is 18.8 Å². The molecule has 1 fully saturated rings. The third-order valence-corrected chi connectivity index (χ3v) is 5.57. The summed E-state index contributed by atoms with van der Waals surface area (Å²) in [6, 6.07) is 1.46. The fourth-order valence-corrected chi connectivity index (χ4v) is 4.05. The van der Waals surface area contributed by atoms with Crippen molar-refractivity contribution in [2.24, 2.45) is 0 Å². The van der Waals surface area contributed by atoms with Gasteiger partial charge in [0, 0.05) is 42.4 Å². The van der Waals surface area contributed by atoms with Crippen LogP contribution in [0.5, 0.6) is 5.88 Å². The molecule has 0 atom stereocenters. The van der Waals surface area contributed by atoms with Gasteiger partial charge in [-0.1, -0.05) is 0 Å². The van der Waals surface area contributed by atoms with E-state index in [2.05, 4.69) is 30.2 Å². The summed E-state index contributed by atoms with van der Waals surface area (Å²) in [5.41, 5.74) is 2.69. The summed E-state index contributed by atoms with van der Waals surface area (Å²) >= 11 is 0. The van der Waals surface area contributed by atoms with E-state index in [4.69, 9.17) is 4.74 Å². The monoisotopic (exact) mass is 447 g/mol. The summed E-state index contributed by atoms with van der Waals surface area (Å²) in [5, 5.41) is 12.9. The van der Waals surface area contributed by atoms with E-state index in [9.17, 15) is 18.3 Å². The highest BCUT2D eigenvalue weighted by Crippen LogP contribution is 2.37. The molecule has 0 aliphatic heterocycles. The molecule has 5 rings (SSSR count). The van der Waals surface area contributed by atoms with E-state index in [1.165, 1.54) is 11.7 Å². The van der Waals surface area contributed by atoms with Gasteiger partial charge in [0.05, 0.1) is 24.6 Å². The summed E-state index contributed by atoms with van der Waals surface area (Å²) in [5.74, 6) is -1.19. The molecular weight excluding hydrogens is 427 g/mol. The zero-order valence-electron chi connectivity index (χ0n) is 17.2. The molecular formula is C20H20F3N7O2. The lowest BCUT2D eigenvalue weighted by Gasteiger charge is -2.37. The number of anilines is 1. The van der Waals surface area contributed by atoms with Crippen molar-refractivity contribution in [3.8, 4) is 17.0 Å². The number of hydrogen-bond acceptors (Lipinski definition) is 7. The first-order valence-corrected chi connectivity index (χ1v) is 9.96. The Kier molecular flexibility index (Phi) is 4.69. The number of pyridine rings is 1. The predicted molar refractivity (Wildman–Crippen MR) is 110 cm³/mol. The molecule has 1 aliphatic rings. The molecule has 1 saturated carbocycles. The number of alkyl halides is 3. The Balaban J connectivity index is 1.55. The Morgan fingerprint density at radius 1 is 1.34 bits per heavy atom. The summed E-state index contributed by atoms with van der Waals surface area (Å²) in [6.45, 7) is 1.19. The second kappa shape index (κ2) is 7.33. The van der Waals surface area contributed by atoms with Crippen LogP contribution in [0.4, 0.5) is 19.1 Å². The van der Waals surface area contributed by atoms with Gasteiger partial charge in [-0.3, -0.25) is 0 Å². The maximum atomic E-state index is 13.3. The lowest BCUT2D eigenvalue weighted by atomic mass is 9.87. The predicted octanol–water partition coefficient (Wildman–Crippen LogP) is 3.18. The van der Waals surface area contributed by atoms with Gasteiger partial charge in [-0.25, -0.2) is 23.1 Å². The topological polar surface area (TPSA) is 114 Å². The van der Waals surface area contributed by atoms with Crippen molar-refractivity contribution < 1.29 is 23.0 Å². The van der Waals surface area contributed by atoms with Gasteiger partial charge in [-0.05, 0) is 13.0 Å². The summed E-state index contributed by atoms with van der Waals surface area (Å²) in [6.07, 6.45) is 0.686. The second-order valence-electron chi connectivity index (χ2n) is 7.88. The van der Waals surface area contributed by atoms with E-state index >= 15 is 0 Å². The number of H-pyrrole nitrogens is 1. The van der Waals surface area contributed by atoms with Gasteiger partial charge in [0.1, 0.15) is 11.5 Å². The minimum Gasteiger partial charge on any atom is -0.480 e. The van der Waals surface area contributed by atoms with Crippen molar-refractivity contribution >= 4 is 28.1 Å². The van der Waals surface area contributed by atoms with Gasteiger partial charge in [0.15, 0.2) is 5.65 Å². The van der Waals surface area contributed by atoms with Crippen LogP contribution in [0.2, 0.25) is 0 Å². The Morgan fingerprint density at radius 2 is 2.12 bits per heavy atom. The number of halogens is 3. The van der Waals surface area contributed by atoms with Crippen molar-refractivity contribution in [3.05, 3.63) is 24.3 Å². The van der Waals surface area contributed by atoms with E-state index in [1.54, 1.807) is 25.4 Å². The second-order valence-corrected chi connectivity index (χ2v) is 7.88. The molecule has 168 valence electrons. The molecule has 0 spiro atoms. The van der Waals surface area contributed by atoms with Crippen molar-refractivity contribution in [2.45, 2.75) is 44.6 Å². The molecule has 1 aliphatic carbocycles. The number of ether oxygens (including phenoxy) is 1. The number of methoxy groups -OCH3 is 1. The van der Waals surface area contributed by atoms with Crippen molar-refractivity contribution in [2.75, 3.05) is 12.4 Å². The highest BCUT2D eigenvalue weighted by Gasteiger charge is 2.43. The molecule has 0 aromatic carbocycles. The first-order valence-electron chi connectivity index (χ1n) is 9.96. The number of imidazole rings is 1. The SMILES string of the molecule is COc1nc(NC2CC(O)(F)C2)nc2[nH]cc(-c3cnc4nc(C)n(CC(F)F)c4c3)c12. The van der Waals surface area contributed by atoms with Crippen molar-refractivity contribution in [3.63, 3.8) is 0 Å². The number of hydrogen-bond donors (Lipinski definition) is 3. The van der Waals surface area contributed by atoms with Gasteiger partial charge in [0.2, 0.25) is 17.7 Å². The van der Waals surface area contributed by atoms with Crippen LogP contribution in [0.25, 0.3) is 33.3 Å². The third kappa shape index (κ3) is 3.49. The smallest absolute Gasteiger partial charge is 0.256 e. The molecule has 12 heteroatoms. The van der Waals surface area contributed by atoms with Crippen molar-refractivity contribution in [1.82, 2.24) is 29.5 Å². The molecule has 3 N–H and O–H groups in total. The van der Waals surface area contributed by atoms with E-state index in [-0.39, 0.29) is 30.7 Å². The van der Waals surface area contributed by atoms with Crippen LogP contribution in [0.3, 0.4) is 0 Å². The fourth-order valence-electron chi connectivity index (χ4n) is 4.05. The molecule has 9 nitrogen and oxygen atoms in total. The Labute approximate surface area is 179 Å². The summed E-state index contributed by atoms with van der Waals surface area (Å²) in [7, 11) is 1.47. The van der Waals surface area contributed by atoms with Crippen LogP contribution in [-0.2, 0) is 6.54 Å². The largest absolute Gasteiger partial charge is 0.480 e. The first-order chi connectivity index (χ1) is 15.2. The molecule has 0 bridgehead atoms. The molecule has 0 radical (unpaired) electrons. The first kappa shape index (κ1) is 20.5. The van der Waals surface area contributed by atoms with Gasteiger partial charge >= 0.3 is 0 Å². The Hall–Kier alpha value is -3.41. The normalized spacial score (nSPS) is 20.8. The third-order valence-electron chi connectivity index (χ3n) is 5.57. The number of rotatable bonds is 6. The zero-order chi connectivity index (χ0) is 22.6. The van der Waals surface area contributed by atoms with Crippen LogP contribution in [-0.4, -0.2) is 60.0 Å². The fraction of sp³-hybridized carbons (Fsp3) is 0.400. The minimum absolute atomic E-state index is 0.0515. The van der Waals surface area contributed by atoms with Crippen LogP contribution in [0.15, 0.2) is 18.5 Å².